The fourth-order valence-corrected chi connectivity index (χ4v) is 4.96. The molecule has 1 atom stereocenters. The Kier molecular flexibility index (Phi) is 6.78. The minimum atomic E-state index is -0.439. The maximum absolute atomic E-state index is 12.6. The molecule has 4 aromatic rings. The SMILES string of the molecule is COc1cc(OC)cc(N(CC2CC2)c2ccc3ncc(-c4cnn(CC(=O)N5CCC(O)C5)c4)nc3c2)c1. The molecule has 6 rings (SSSR count). The van der Waals surface area contributed by atoms with E-state index in [1.165, 1.54) is 12.8 Å². The molecule has 10 heteroatoms. The van der Waals surface area contributed by atoms with Crippen LogP contribution in [0, 0.1) is 5.92 Å². The highest BCUT2D eigenvalue weighted by Crippen LogP contribution is 2.38. The Balaban J connectivity index is 1.28. The first kappa shape index (κ1) is 25.1. The van der Waals surface area contributed by atoms with Crippen LogP contribution in [0.2, 0.25) is 0 Å². The normalized spacial score (nSPS) is 17.0. The van der Waals surface area contributed by atoms with Crippen molar-refractivity contribution in [3.63, 3.8) is 0 Å². The van der Waals surface area contributed by atoms with E-state index < -0.39 is 6.10 Å². The number of aliphatic hydroxyl groups excluding tert-OH is 1. The van der Waals surface area contributed by atoms with E-state index in [0.29, 0.717) is 31.1 Å². The Morgan fingerprint density at radius 2 is 1.82 bits per heavy atom. The molecule has 0 spiro atoms. The smallest absolute Gasteiger partial charge is 0.244 e. The summed E-state index contributed by atoms with van der Waals surface area (Å²) in [5, 5.41) is 14.1. The van der Waals surface area contributed by atoms with Crippen molar-refractivity contribution in [3.8, 4) is 22.8 Å². The molecule has 1 saturated carbocycles. The number of methoxy groups -OCH3 is 2. The van der Waals surface area contributed by atoms with Gasteiger partial charge in [-0.15, -0.1) is 0 Å². The number of ether oxygens (including phenoxy) is 2. The number of carbonyl (C=O) groups is 1. The zero-order chi connectivity index (χ0) is 26.9. The number of aromatic nitrogens is 4. The van der Waals surface area contributed by atoms with Crippen molar-refractivity contribution in [2.24, 2.45) is 5.92 Å². The summed E-state index contributed by atoms with van der Waals surface area (Å²) in [5.41, 5.74) is 5.06. The number of hydrogen-bond acceptors (Lipinski definition) is 8. The van der Waals surface area contributed by atoms with E-state index in [-0.39, 0.29) is 12.5 Å². The average Bonchev–Trinajstić information content (AvgIpc) is 3.48. The average molecular weight is 529 g/mol. The minimum Gasteiger partial charge on any atom is -0.497 e. The number of likely N-dealkylation sites (tertiary alicyclic amines) is 1. The molecule has 2 aliphatic rings. The lowest BCUT2D eigenvalue weighted by Gasteiger charge is -2.26. The number of β-amino-alcohol motifs (C(OH)–C–C–N with tert-alkyl or cyclic N) is 1. The number of aliphatic hydroxyl groups is 1. The Morgan fingerprint density at radius 1 is 1.03 bits per heavy atom. The molecule has 1 unspecified atom stereocenters. The third kappa shape index (κ3) is 5.51. The van der Waals surface area contributed by atoms with Gasteiger partial charge in [0.25, 0.3) is 0 Å². The standard InChI is InChI=1S/C29H32N6O4/c1-38-24-9-22(10-25(12-24)39-2)35(15-19-3-4-19)21-5-6-26-27(11-21)32-28(14-30-26)20-13-31-34(16-20)18-29(37)33-8-7-23(36)17-33/h5-6,9-14,16,19,23,36H,3-4,7-8,15,17-18H2,1-2H3. The van der Waals surface area contributed by atoms with E-state index >= 15 is 0 Å². The minimum absolute atomic E-state index is 0.0552. The van der Waals surface area contributed by atoms with Crippen molar-refractivity contribution in [1.29, 1.82) is 0 Å². The fraction of sp³-hybridized carbons (Fsp3) is 0.379. The first-order valence-electron chi connectivity index (χ1n) is 13.2. The number of amides is 1. The van der Waals surface area contributed by atoms with Crippen LogP contribution in [0.4, 0.5) is 11.4 Å². The zero-order valence-electron chi connectivity index (χ0n) is 22.2. The van der Waals surface area contributed by atoms with Gasteiger partial charge in [0, 0.05) is 61.0 Å². The maximum Gasteiger partial charge on any atom is 0.244 e. The lowest BCUT2D eigenvalue weighted by Crippen LogP contribution is -2.32. The first-order chi connectivity index (χ1) is 19.0. The highest BCUT2D eigenvalue weighted by atomic mass is 16.5. The molecule has 0 bridgehead atoms. The van der Waals surface area contributed by atoms with Crippen LogP contribution in [0.1, 0.15) is 19.3 Å². The summed E-state index contributed by atoms with van der Waals surface area (Å²) in [4.78, 5) is 26.1. The second-order valence-corrected chi connectivity index (χ2v) is 10.3. The Labute approximate surface area is 226 Å². The lowest BCUT2D eigenvalue weighted by atomic mass is 10.1. The van der Waals surface area contributed by atoms with Crippen molar-refractivity contribution in [2.45, 2.75) is 31.9 Å². The van der Waals surface area contributed by atoms with E-state index in [2.05, 4.69) is 27.1 Å². The summed E-state index contributed by atoms with van der Waals surface area (Å²) in [7, 11) is 3.32. The van der Waals surface area contributed by atoms with Gasteiger partial charge < -0.3 is 24.4 Å². The Bertz CT molecular complexity index is 1480. The van der Waals surface area contributed by atoms with Crippen LogP contribution in [0.15, 0.2) is 55.0 Å². The molecule has 10 nitrogen and oxygen atoms in total. The molecule has 2 aromatic carbocycles. The topological polar surface area (TPSA) is 106 Å². The number of carbonyl (C=O) groups excluding carboxylic acids is 1. The molecule has 0 radical (unpaired) electrons. The van der Waals surface area contributed by atoms with Gasteiger partial charge in [0.1, 0.15) is 18.0 Å². The van der Waals surface area contributed by atoms with Gasteiger partial charge in [-0.1, -0.05) is 0 Å². The van der Waals surface area contributed by atoms with E-state index in [1.807, 2.05) is 30.5 Å². The molecule has 2 fully saturated rings. The van der Waals surface area contributed by atoms with Crippen molar-refractivity contribution in [3.05, 3.63) is 55.0 Å². The number of rotatable bonds is 9. The van der Waals surface area contributed by atoms with Gasteiger partial charge in [-0.2, -0.15) is 5.10 Å². The van der Waals surface area contributed by atoms with Crippen LogP contribution in [-0.2, 0) is 11.3 Å². The van der Waals surface area contributed by atoms with Crippen molar-refractivity contribution in [1.82, 2.24) is 24.6 Å². The third-order valence-corrected chi connectivity index (χ3v) is 7.37. The van der Waals surface area contributed by atoms with Crippen LogP contribution < -0.4 is 14.4 Å². The van der Waals surface area contributed by atoms with Crippen LogP contribution in [0.3, 0.4) is 0 Å². The molecular weight excluding hydrogens is 496 g/mol. The van der Waals surface area contributed by atoms with Crippen LogP contribution in [-0.4, -0.2) is 75.6 Å². The number of anilines is 2. The molecule has 1 aliphatic carbocycles. The van der Waals surface area contributed by atoms with Gasteiger partial charge >= 0.3 is 0 Å². The predicted octanol–water partition coefficient (Wildman–Crippen LogP) is 3.65. The van der Waals surface area contributed by atoms with Gasteiger partial charge in [0.15, 0.2) is 0 Å². The van der Waals surface area contributed by atoms with Gasteiger partial charge in [-0.25, -0.2) is 4.98 Å². The highest BCUT2D eigenvalue weighted by Gasteiger charge is 2.27. The Hall–Kier alpha value is -4.18. The molecule has 1 amide bonds. The quantitative estimate of drug-likeness (QED) is 0.351. The number of nitrogens with zero attached hydrogens (tertiary/aromatic N) is 6. The van der Waals surface area contributed by atoms with Gasteiger partial charge in [0.2, 0.25) is 5.91 Å². The van der Waals surface area contributed by atoms with Gasteiger partial charge in [-0.3, -0.25) is 14.5 Å². The number of fused-ring (bicyclic) bond motifs is 1. The van der Waals surface area contributed by atoms with Crippen LogP contribution in [0.5, 0.6) is 11.5 Å². The van der Waals surface area contributed by atoms with Crippen molar-refractivity contribution in [2.75, 3.05) is 38.8 Å². The molecule has 39 heavy (non-hydrogen) atoms. The van der Waals surface area contributed by atoms with Crippen LogP contribution in [0.25, 0.3) is 22.3 Å². The number of hydrogen-bond donors (Lipinski definition) is 1. The molecule has 3 heterocycles. The van der Waals surface area contributed by atoms with Gasteiger partial charge in [-0.05, 0) is 43.4 Å². The van der Waals surface area contributed by atoms with Gasteiger partial charge in [0.05, 0.1) is 49.4 Å². The largest absolute Gasteiger partial charge is 0.497 e. The molecular formula is C29H32N6O4. The summed E-state index contributed by atoms with van der Waals surface area (Å²) in [6.07, 6.45) is 7.87. The monoisotopic (exact) mass is 528 g/mol. The predicted molar refractivity (Wildman–Crippen MR) is 147 cm³/mol. The first-order valence-corrected chi connectivity index (χ1v) is 13.2. The van der Waals surface area contributed by atoms with E-state index in [4.69, 9.17) is 14.5 Å². The summed E-state index contributed by atoms with van der Waals surface area (Å²) < 4.78 is 12.7. The zero-order valence-corrected chi connectivity index (χ0v) is 22.2. The van der Waals surface area contributed by atoms with Crippen molar-refractivity contribution < 1.29 is 19.4 Å². The maximum atomic E-state index is 12.6. The summed E-state index contributed by atoms with van der Waals surface area (Å²) >= 11 is 0. The molecule has 1 saturated heterocycles. The van der Waals surface area contributed by atoms with E-state index in [9.17, 15) is 9.90 Å². The summed E-state index contributed by atoms with van der Waals surface area (Å²) in [6.45, 7) is 1.97. The van der Waals surface area contributed by atoms with E-state index in [0.717, 1.165) is 46.0 Å². The van der Waals surface area contributed by atoms with Crippen LogP contribution >= 0.6 is 0 Å². The van der Waals surface area contributed by atoms with E-state index in [1.54, 1.807) is 36.2 Å². The second-order valence-electron chi connectivity index (χ2n) is 10.3. The summed E-state index contributed by atoms with van der Waals surface area (Å²) in [5.74, 6) is 2.07. The lowest BCUT2D eigenvalue weighted by molar-refractivity contribution is -0.131. The summed E-state index contributed by atoms with van der Waals surface area (Å²) in [6, 6.07) is 12.0. The third-order valence-electron chi connectivity index (χ3n) is 7.37. The number of benzene rings is 2. The molecule has 2 aromatic heterocycles. The highest BCUT2D eigenvalue weighted by molar-refractivity contribution is 5.83. The second kappa shape index (κ2) is 10.5. The Morgan fingerprint density at radius 3 is 2.51 bits per heavy atom. The molecule has 1 aliphatic heterocycles. The fourth-order valence-electron chi connectivity index (χ4n) is 4.96. The molecule has 202 valence electrons. The molecule has 1 N–H and O–H groups in total. The van der Waals surface area contributed by atoms with Crippen molar-refractivity contribution >= 4 is 28.3 Å².